The zero-order valence-corrected chi connectivity index (χ0v) is 18.5. The number of carbonyl (C=O) groups is 1. The van der Waals surface area contributed by atoms with Gasteiger partial charge in [0.2, 0.25) is 15.9 Å². The fraction of sp³-hybridized carbons (Fsp3) is 0.409. The molecule has 0 saturated carbocycles. The van der Waals surface area contributed by atoms with Crippen LogP contribution >= 0.6 is 0 Å². The van der Waals surface area contributed by atoms with Gasteiger partial charge in [0.25, 0.3) is 0 Å². The summed E-state index contributed by atoms with van der Waals surface area (Å²) in [6.45, 7) is 6.13. The van der Waals surface area contributed by atoms with Gasteiger partial charge in [-0.3, -0.25) is 4.79 Å². The summed E-state index contributed by atoms with van der Waals surface area (Å²) in [6, 6.07) is 9.73. The standard InChI is InChI=1S/C22H28F2N2O3S/c1-5-26(6-2)30(28,29)19-11-7-17(8-12-19)9-14-22(27)25(4)16(3)18-10-13-20(23)21(24)15-18/h7-8,10-13,15-16H,5-6,9,14H2,1-4H3. The Morgan fingerprint density at radius 2 is 1.60 bits per heavy atom. The van der Waals surface area contributed by atoms with Gasteiger partial charge in [0.1, 0.15) is 0 Å². The van der Waals surface area contributed by atoms with Crippen molar-refractivity contribution in [3.8, 4) is 0 Å². The third-order valence-corrected chi connectivity index (χ3v) is 7.36. The second-order valence-electron chi connectivity index (χ2n) is 7.09. The molecule has 1 amide bonds. The molecule has 8 heteroatoms. The van der Waals surface area contributed by atoms with E-state index >= 15 is 0 Å². The largest absolute Gasteiger partial charge is 0.339 e. The van der Waals surface area contributed by atoms with E-state index in [-0.39, 0.29) is 17.2 Å². The molecule has 0 N–H and O–H groups in total. The van der Waals surface area contributed by atoms with Crippen molar-refractivity contribution in [1.29, 1.82) is 0 Å². The summed E-state index contributed by atoms with van der Waals surface area (Å²) in [5.41, 5.74) is 1.35. The lowest BCUT2D eigenvalue weighted by Crippen LogP contribution is -2.30. The van der Waals surface area contributed by atoms with Crippen molar-refractivity contribution in [3.63, 3.8) is 0 Å². The van der Waals surface area contributed by atoms with Crippen LogP contribution in [0.15, 0.2) is 47.4 Å². The Morgan fingerprint density at radius 1 is 1.00 bits per heavy atom. The highest BCUT2D eigenvalue weighted by Crippen LogP contribution is 2.22. The Bertz CT molecular complexity index is 974. The van der Waals surface area contributed by atoms with Gasteiger partial charge < -0.3 is 4.90 Å². The third-order valence-electron chi connectivity index (χ3n) is 5.29. The lowest BCUT2D eigenvalue weighted by molar-refractivity contribution is -0.131. The fourth-order valence-electron chi connectivity index (χ4n) is 3.18. The Kier molecular flexibility index (Phi) is 8.09. The Balaban J connectivity index is 2.01. The van der Waals surface area contributed by atoms with Crippen LogP contribution < -0.4 is 0 Å². The van der Waals surface area contributed by atoms with Gasteiger partial charge in [-0.1, -0.05) is 32.0 Å². The topological polar surface area (TPSA) is 57.7 Å². The lowest BCUT2D eigenvalue weighted by atomic mass is 10.1. The normalized spacial score (nSPS) is 12.8. The molecule has 0 bridgehead atoms. The molecule has 0 aliphatic rings. The number of hydrogen-bond donors (Lipinski definition) is 0. The first-order chi connectivity index (χ1) is 14.1. The number of amides is 1. The van der Waals surface area contributed by atoms with E-state index in [1.165, 1.54) is 15.3 Å². The first-order valence-corrected chi connectivity index (χ1v) is 11.4. The number of halogens is 2. The first-order valence-electron chi connectivity index (χ1n) is 9.91. The number of hydrogen-bond acceptors (Lipinski definition) is 3. The van der Waals surface area contributed by atoms with E-state index in [2.05, 4.69) is 0 Å². The van der Waals surface area contributed by atoms with E-state index in [0.29, 0.717) is 25.1 Å². The van der Waals surface area contributed by atoms with Gasteiger partial charge in [0.05, 0.1) is 10.9 Å². The maximum absolute atomic E-state index is 13.5. The summed E-state index contributed by atoms with van der Waals surface area (Å²) in [5, 5.41) is 0. The molecule has 164 valence electrons. The van der Waals surface area contributed by atoms with Crippen molar-refractivity contribution < 1.29 is 22.0 Å². The van der Waals surface area contributed by atoms with E-state index in [4.69, 9.17) is 0 Å². The summed E-state index contributed by atoms with van der Waals surface area (Å²) < 4.78 is 53.0. The Hall–Kier alpha value is -2.32. The minimum absolute atomic E-state index is 0.146. The third kappa shape index (κ3) is 5.43. The van der Waals surface area contributed by atoms with Crippen LogP contribution in [0.4, 0.5) is 8.78 Å². The molecule has 0 spiro atoms. The number of benzene rings is 2. The minimum atomic E-state index is -3.51. The maximum Gasteiger partial charge on any atom is 0.243 e. The van der Waals surface area contributed by atoms with E-state index in [1.807, 2.05) is 0 Å². The van der Waals surface area contributed by atoms with Crippen molar-refractivity contribution in [2.75, 3.05) is 20.1 Å². The van der Waals surface area contributed by atoms with Gasteiger partial charge in [-0.05, 0) is 48.7 Å². The number of aryl methyl sites for hydroxylation is 1. The summed E-state index contributed by atoms with van der Waals surface area (Å²) in [7, 11) is -1.89. The van der Waals surface area contributed by atoms with Crippen molar-refractivity contribution >= 4 is 15.9 Å². The molecule has 0 heterocycles. The molecule has 0 aliphatic heterocycles. The molecule has 30 heavy (non-hydrogen) atoms. The van der Waals surface area contributed by atoms with Crippen LogP contribution in [-0.4, -0.2) is 43.7 Å². The molecule has 0 aromatic heterocycles. The van der Waals surface area contributed by atoms with Crippen molar-refractivity contribution in [3.05, 3.63) is 65.2 Å². The molecule has 2 rings (SSSR count). The highest BCUT2D eigenvalue weighted by atomic mass is 32.2. The predicted octanol–water partition coefficient (Wildman–Crippen LogP) is 4.15. The maximum atomic E-state index is 13.5. The average Bonchev–Trinajstić information content (AvgIpc) is 2.73. The van der Waals surface area contributed by atoms with Crippen LogP contribution in [0.2, 0.25) is 0 Å². The number of rotatable bonds is 9. The minimum Gasteiger partial charge on any atom is -0.339 e. The quantitative estimate of drug-likeness (QED) is 0.591. The lowest BCUT2D eigenvalue weighted by Gasteiger charge is -2.25. The summed E-state index contributed by atoms with van der Waals surface area (Å²) >= 11 is 0. The Labute approximate surface area is 177 Å². The van der Waals surface area contributed by atoms with Gasteiger partial charge in [-0.25, -0.2) is 17.2 Å². The molecule has 2 aromatic carbocycles. The first kappa shape index (κ1) is 24.0. The van der Waals surface area contributed by atoms with Crippen LogP contribution in [0, 0.1) is 11.6 Å². The molecular formula is C22H28F2N2O3S. The molecule has 0 radical (unpaired) electrons. The predicted molar refractivity (Wildman–Crippen MR) is 112 cm³/mol. The fourth-order valence-corrected chi connectivity index (χ4v) is 4.64. The molecule has 5 nitrogen and oxygen atoms in total. The second kappa shape index (κ2) is 10.1. The van der Waals surface area contributed by atoms with E-state index in [1.54, 1.807) is 52.1 Å². The van der Waals surface area contributed by atoms with Crippen molar-refractivity contribution in [2.24, 2.45) is 0 Å². The smallest absolute Gasteiger partial charge is 0.243 e. The number of sulfonamides is 1. The zero-order chi connectivity index (χ0) is 22.5. The van der Waals surface area contributed by atoms with Crippen LogP contribution in [0.1, 0.15) is 44.4 Å². The van der Waals surface area contributed by atoms with E-state index in [0.717, 1.165) is 17.7 Å². The molecule has 1 unspecified atom stereocenters. The van der Waals surface area contributed by atoms with Gasteiger partial charge in [0.15, 0.2) is 11.6 Å². The summed E-state index contributed by atoms with van der Waals surface area (Å²) in [5.74, 6) is -2.02. The highest BCUT2D eigenvalue weighted by molar-refractivity contribution is 7.89. The zero-order valence-electron chi connectivity index (χ0n) is 17.7. The summed E-state index contributed by atoms with van der Waals surface area (Å²) in [6.07, 6.45) is 0.659. The van der Waals surface area contributed by atoms with Crippen LogP contribution in [-0.2, 0) is 21.2 Å². The van der Waals surface area contributed by atoms with Gasteiger partial charge in [0, 0.05) is 26.6 Å². The van der Waals surface area contributed by atoms with Crippen molar-refractivity contribution in [1.82, 2.24) is 9.21 Å². The van der Waals surface area contributed by atoms with E-state index in [9.17, 15) is 22.0 Å². The molecule has 0 fully saturated rings. The van der Waals surface area contributed by atoms with Gasteiger partial charge >= 0.3 is 0 Å². The van der Waals surface area contributed by atoms with Crippen LogP contribution in [0.5, 0.6) is 0 Å². The number of nitrogens with zero attached hydrogens (tertiary/aromatic N) is 2. The number of carbonyl (C=O) groups excluding carboxylic acids is 1. The van der Waals surface area contributed by atoms with E-state index < -0.39 is 27.7 Å². The molecular weight excluding hydrogens is 410 g/mol. The highest BCUT2D eigenvalue weighted by Gasteiger charge is 2.22. The van der Waals surface area contributed by atoms with Crippen molar-refractivity contribution in [2.45, 2.75) is 44.6 Å². The second-order valence-corrected chi connectivity index (χ2v) is 9.03. The van der Waals surface area contributed by atoms with Crippen LogP contribution in [0.25, 0.3) is 0 Å². The molecule has 1 atom stereocenters. The molecule has 0 saturated heterocycles. The van der Waals surface area contributed by atoms with Gasteiger partial charge in [-0.15, -0.1) is 0 Å². The average molecular weight is 439 g/mol. The Morgan fingerprint density at radius 3 is 2.13 bits per heavy atom. The summed E-state index contributed by atoms with van der Waals surface area (Å²) in [4.78, 5) is 14.3. The monoisotopic (exact) mass is 438 g/mol. The molecule has 0 aliphatic carbocycles. The molecule has 2 aromatic rings. The van der Waals surface area contributed by atoms with Gasteiger partial charge in [-0.2, -0.15) is 4.31 Å². The SMILES string of the molecule is CCN(CC)S(=O)(=O)c1ccc(CCC(=O)N(C)C(C)c2ccc(F)c(F)c2)cc1. The van der Waals surface area contributed by atoms with Crippen LogP contribution in [0.3, 0.4) is 0 Å².